The van der Waals surface area contributed by atoms with Gasteiger partial charge in [-0.1, -0.05) is 12.1 Å². The van der Waals surface area contributed by atoms with E-state index in [1.165, 1.54) is 18.4 Å². The Bertz CT molecular complexity index is 544. The van der Waals surface area contributed by atoms with Gasteiger partial charge in [0.15, 0.2) is 0 Å². The summed E-state index contributed by atoms with van der Waals surface area (Å²) in [4.78, 5) is 2.15. The van der Waals surface area contributed by atoms with Crippen molar-refractivity contribution in [1.29, 1.82) is 0 Å². The van der Waals surface area contributed by atoms with Crippen LogP contribution in [0.5, 0.6) is 0 Å². The van der Waals surface area contributed by atoms with Crippen LogP contribution in [0.15, 0.2) is 29.2 Å². The SMILES string of the molecule is CN(C)S(=O)(=O)c1ccccc1N1CC(C)(O)C1. The van der Waals surface area contributed by atoms with Crippen molar-refractivity contribution in [2.24, 2.45) is 0 Å². The summed E-state index contributed by atoms with van der Waals surface area (Å²) in [6.45, 7) is 2.65. The van der Waals surface area contributed by atoms with Crippen LogP contribution in [0.1, 0.15) is 6.92 Å². The maximum atomic E-state index is 12.2. The summed E-state index contributed by atoms with van der Waals surface area (Å²) in [7, 11) is -0.431. The van der Waals surface area contributed by atoms with Crippen molar-refractivity contribution in [3.05, 3.63) is 24.3 Å². The Kier molecular flexibility index (Phi) is 3.12. The lowest BCUT2D eigenvalue weighted by atomic mass is 9.96. The second-order valence-electron chi connectivity index (χ2n) is 5.11. The van der Waals surface area contributed by atoms with Crippen LogP contribution >= 0.6 is 0 Å². The van der Waals surface area contributed by atoms with Gasteiger partial charge in [-0.05, 0) is 19.1 Å². The van der Waals surface area contributed by atoms with Crippen molar-refractivity contribution in [2.45, 2.75) is 17.4 Å². The average Bonchev–Trinajstić information content (AvgIpc) is 2.25. The van der Waals surface area contributed by atoms with Crippen LogP contribution in [0.4, 0.5) is 5.69 Å². The topological polar surface area (TPSA) is 60.9 Å². The van der Waals surface area contributed by atoms with Crippen LogP contribution in [0.2, 0.25) is 0 Å². The van der Waals surface area contributed by atoms with Gasteiger partial charge in [-0.25, -0.2) is 12.7 Å². The molecule has 1 aromatic carbocycles. The molecule has 1 heterocycles. The van der Waals surface area contributed by atoms with E-state index < -0.39 is 15.6 Å². The fourth-order valence-electron chi connectivity index (χ4n) is 2.08. The van der Waals surface area contributed by atoms with Crippen molar-refractivity contribution in [2.75, 3.05) is 32.1 Å². The van der Waals surface area contributed by atoms with E-state index in [9.17, 15) is 13.5 Å². The van der Waals surface area contributed by atoms with Crippen molar-refractivity contribution in [1.82, 2.24) is 4.31 Å². The summed E-state index contributed by atoms with van der Waals surface area (Å²) in [6, 6.07) is 6.87. The molecular weight excluding hydrogens is 252 g/mol. The molecule has 5 nitrogen and oxygen atoms in total. The van der Waals surface area contributed by atoms with E-state index >= 15 is 0 Å². The maximum Gasteiger partial charge on any atom is 0.244 e. The molecular formula is C12H18N2O3S. The number of anilines is 1. The molecule has 100 valence electrons. The third-order valence-corrected chi connectivity index (χ3v) is 4.89. The Morgan fingerprint density at radius 1 is 1.28 bits per heavy atom. The molecule has 1 aromatic rings. The minimum atomic E-state index is -3.46. The maximum absolute atomic E-state index is 12.2. The van der Waals surface area contributed by atoms with Gasteiger partial charge in [0.1, 0.15) is 4.90 Å². The van der Waals surface area contributed by atoms with E-state index in [1.54, 1.807) is 31.2 Å². The Morgan fingerprint density at radius 3 is 2.33 bits per heavy atom. The van der Waals surface area contributed by atoms with Gasteiger partial charge in [0, 0.05) is 27.2 Å². The molecule has 1 N–H and O–H groups in total. The fourth-order valence-corrected chi connectivity index (χ4v) is 3.18. The number of rotatable bonds is 3. The van der Waals surface area contributed by atoms with Crippen molar-refractivity contribution < 1.29 is 13.5 Å². The highest BCUT2D eigenvalue weighted by atomic mass is 32.2. The molecule has 0 saturated carbocycles. The van der Waals surface area contributed by atoms with Gasteiger partial charge in [0.05, 0.1) is 11.3 Å². The summed E-state index contributed by atoms with van der Waals surface area (Å²) in [5.41, 5.74) is -0.0765. The van der Waals surface area contributed by atoms with Gasteiger partial charge in [-0.3, -0.25) is 0 Å². The normalized spacial score (nSPS) is 18.8. The van der Waals surface area contributed by atoms with Gasteiger partial charge in [0.25, 0.3) is 0 Å². The molecule has 1 aliphatic rings. The van der Waals surface area contributed by atoms with Gasteiger partial charge >= 0.3 is 0 Å². The zero-order valence-electron chi connectivity index (χ0n) is 10.8. The first-order chi connectivity index (χ1) is 8.24. The number of benzene rings is 1. The summed E-state index contributed by atoms with van der Waals surface area (Å²) in [5.74, 6) is 0. The quantitative estimate of drug-likeness (QED) is 0.869. The number of aliphatic hydroxyl groups is 1. The summed E-state index contributed by atoms with van der Waals surface area (Å²) in [5, 5.41) is 9.75. The molecule has 2 rings (SSSR count). The highest BCUT2D eigenvalue weighted by Crippen LogP contribution is 2.33. The Balaban J connectivity index is 2.40. The molecule has 0 spiro atoms. The van der Waals surface area contributed by atoms with Crippen LogP contribution in [0.3, 0.4) is 0 Å². The molecule has 0 radical (unpaired) electrons. The molecule has 0 atom stereocenters. The number of hydrogen-bond acceptors (Lipinski definition) is 4. The minimum Gasteiger partial charge on any atom is -0.386 e. The fraction of sp³-hybridized carbons (Fsp3) is 0.500. The van der Waals surface area contributed by atoms with E-state index in [0.717, 1.165) is 0 Å². The van der Waals surface area contributed by atoms with E-state index in [-0.39, 0.29) is 4.90 Å². The van der Waals surface area contributed by atoms with Crippen molar-refractivity contribution in [3.63, 3.8) is 0 Å². The predicted molar refractivity (Wildman–Crippen MR) is 70.2 cm³/mol. The van der Waals surface area contributed by atoms with Crippen molar-refractivity contribution in [3.8, 4) is 0 Å². The summed E-state index contributed by atoms with van der Waals surface area (Å²) >= 11 is 0. The number of sulfonamides is 1. The molecule has 0 amide bonds. The lowest BCUT2D eigenvalue weighted by Gasteiger charge is -2.46. The smallest absolute Gasteiger partial charge is 0.244 e. The Labute approximate surface area is 108 Å². The van der Waals surface area contributed by atoms with Gasteiger partial charge in [-0.15, -0.1) is 0 Å². The largest absolute Gasteiger partial charge is 0.386 e. The zero-order valence-corrected chi connectivity index (χ0v) is 11.6. The molecule has 6 heteroatoms. The molecule has 0 unspecified atom stereocenters. The molecule has 0 aromatic heterocycles. The lowest BCUT2D eigenvalue weighted by molar-refractivity contribution is 0.0307. The first-order valence-electron chi connectivity index (χ1n) is 5.73. The molecule has 1 fully saturated rings. The van der Waals surface area contributed by atoms with E-state index in [2.05, 4.69) is 0 Å². The van der Waals surface area contributed by atoms with Gasteiger partial charge in [0.2, 0.25) is 10.0 Å². The molecule has 0 aliphatic carbocycles. The third-order valence-electron chi connectivity index (χ3n) is 3.03. The van der Waals surface area contributed by atoms with E-state index in [1.807, 2.05) is 4.90 Å². The van der Waals surface area contributed by atoms with E-state index in [4.69, 9.17) is 0 Å². The molecule has 1 aliphatic heterocycles. The minimum absolute atomic E-state index is 0.283. The van der Waals surface area contributed by atoms with Crippen molar-refractivity contribution >= 4 is 15.7 Å². The zero-order chi connectivity index (χ0) is 13.6. The number of para-hydroxylation sites is 1. The standard InChI is InChI=1S/C12H18N2O3S/c1-12(15)8-14(9-12)10-6-4-5-7-11(10)18(16,17)13(2)3/h4-7,15H,8-9H2,1-3H3. The number of hydrogen-bond donors (Lipinski definition) is 1. The molecule has 0 bridgehead atoms. The second kappa shape index (κ2) is 4.22. The predicted octanol–water partition coefficient (Wildman–Crippen LogP) is 0.508. The van der Waals surface area contributed by atoms with Crippen LogP contribution in [0, 0.1) is 0 Å². The highest BCUT2D eigenvalue weighted by Gasteiger charge is 2.38. The first kappa shape index (κ1) is 13.3. The van der Waals surface area contributed by atoms with Crippen LogP contribution < -0.4 is 4.90 Å². The Morgan fingerprint density at radius 2 is 1.83 bits per heavy atom. The lowest BCUT2D eigenvalue weighted by Crippen LogP contribution is -2.60. The van der Waals surface area contributed by atoms with E-state index in [0.29, 0.717) is 18.8 Å². The molecule has 1 saturated heterocycles. The second-order valence-corrected chi connectivity index (χ2v) is 7.23. The summed E-state index contributed by atoms with van der Waals surface area (Å²) < 4.78 is 25.6. The molecule has 18 heavy (non-hydrogen) atoms. The van der Waals surface area contributed by atoms with Crippen LogP contribution in [-0.2, 0) is 10.0 Å². The highest BCUT2D eigenvalue weighted by molar-refractivity contribution is 7.89. The van der Waals surface area contributed by atoms with Gasteiger partial charge < -0.3 is 10.0 Å². The first-order valence-corrected chi connectivity index (χ1v) is 7.17. The summed E-state index contributed by atoms with van der Waals surface area (Å²) in [6.07, 6.45) is 0. The monoisotopic (exact) mass is 270 g/mol. The third kappa shape index (κ3) is 2.23. The average molecular weight is 270 g/mol. The van der Waals surface area contributed by atoms with Crippen LogP contribution in [-0.4, -0.2) is 50.6 Å². The number of β-amino-alcohol motifs (C(OH)–C–C–N with tert-alkyl or cyclic N) is 1. The van der Waals surface area contributed by atoms with Crippen LogP contribution in [0.25, 0.3) is 0 Å². The number of nitrogens with zero attached hydrogens (tertiary/aromatic N) is 2. The Hall–Kier alpha value is -1.11. The van der Waals surface area contributed by atoms with Gasteiger partial charge in [-0.2, -0.15) is 0 Å².